The molecule has 1 aromatic carbocycles. The van der Waals surface area contributed by atoms with Crippen molar-refractivity contribution in [1.29, 1.82) is 0 Å². The molecule has 0 unspecified atom stereocenters. The van der Waals surface area contributed by atoms with Gasteiger partial charge in [0.2, 0.25) is 0 Å². The maximum Gasteiger partial charge on any atom is 0.408 e. The second kappa shape index (κ2) is 7.31. The normalized spacial score (nSPS) is 11.0. The highest BCUT2D eigenvalue weighted by atomic mass is 32.1. The molecule has 0 aliphatic rings. The maximum absolute atomic E-state index is 11.9. The van der Waals surface area contributed by atoms with E-state index in [1.807, 2.05) is 0 Å². The van der Waals surface area contributed by atoms with Crippen LogP contribution in [0.5, 0.6) is 0 Å². The van der Waals surface area contributed by atoms with E-state index in [0.29, 0.717) is 12.2 Å². The molecule has 1 N–H and O–H groups in total. The fraction of sp³-hybridized carbons (Fsp3) is 0.429. The summed E-state index contributed by atoms with van der Waals surface area (Å²) >= 11 is 3.66. The van der Waals surface area contributed by atoms with Crippen molar-refractivity contribution in [2.45, 2.75) is 33.0 Å². The van der Waals surface area contributed by atoms with Crippen LogP contribution in [0.4, 0.5) is 4.79 Å². The van der Waals surface area contributed by atoms with Gasteiger partial charge in [-0.3, -0.25) is 4.79 Å². The molecule has 0 aromatic heterocycles. The first-order chi connectivity index (χ1) is 9.31. The minimum absolute atomic E-state index is 0.0999. The Hall–Kier alpha value is -1.53. The van der Waals surface area contributed by atoms with E-state index in [1.165, 1.54) is 0 Å². The summed E-state index contributed by atoms with van der Waals surface area (Å²) in [6, 6.07) is 6.91. The monoisotopic (exact) mass is 297 g/mol. The maximum atomic E-state index is 11.9. The largest absolute Gasteiger partial charge is 0.444 e. The average Bonchev–Trinajstić information content (AvgIpc) is 2.35. The zero-order valence-corrected chi connectivity index (χ0v) is 12.7. The Balaban J connectivity index is 2.48. The molecule has 0 atom stereocenters. The van der Waals surface area contributed by atoms with E-state index < -0.39 is 11.7 Å². The Morgan fingerprint density at radius 1 is 1.20 bits per heavy atom. The summed E-state index contributed by atoms with van der Waals surface area (Å²) in [6.07, 6.45) is -0.606. The third kappa shape index (κ3) is 6.08. The standard InChI is InChI=1S/C14H19NO4S/c1-14(2,3)19-13(17)15-8-12(16)11-6-4-10(5-7-11)9-18-20/h4-7,20H,8-9H2,1-3H3,(H,15,17). The van der Waals surface area contributed by atoms with Gasteiger partial charge in [-0.15, -0.1) is 0 Å². The molecule has 1 rings (SSSR count). The highest BCUT2D eigenvalue weighted by Gasteiger charge is 2.16. The van der Waals surface area contributed by atoms with Crippen LogP contribution in [0.1, 0.15) is 36.7 Å². The van der Waals surface area contributed by atoms with Crippen LogP contribution in [0.25, 0.3) is 0 Å². The zero-order chi connectivity index (χ0) is 15.2. The predicted octanol–water partition coefficient (Wildman–Crippen LogP) is 2.76. The molecular weight excluding hydrogens is 278 g/mol. The van der Waals surface area contributed by atoms with E-state index in [4.69, 9.17) is 4.74 Å². The van der Waals surface area contributed by atoms with Gasteiger partial charge in [0.15, 0.2) is 5.78 Å². The van der Waals surface area contributed by atoms with Crippen molar-refractivity contribution >= 4 is 24.8 Å². The Labute approximate surface area is 124 Å². The van der Waals surface area contributed by atoms with Crippen molar-refractivity contribution in [3.05, 3.63) is 35.4 Å². The van der Waals surface area contributed by atoms with Crippen molar-refractivity contribution in [3.8, 4) is 0 Å². The molecule has 0 aliphatic carbocycles. The highest BCUT2D eigenvalue weighted by molar-refractivity contribution is 7.75. The fourth-order valence-electron chi connectivity index (χ4n) is 1.43. The van der Waals surface area contributed by atoms with E-state index in [9.17, 15) is 9.59 Å². The number of amides is 1. The molecule has 0 heterocycles. The molecule has 110 valence electrons. The van der Waals surface area contributed by atoms with Gasteiger partial charge in [0.25, 0.3) is 0 Å². The third-order valence-electron chi connectivity index (χ3n) is 2.30. The minimum atomic E-state index is -0.606. The number of carbonyl (C=O) groups is 2. The Morgan fingerprint density at radius 3 is 2.30 bits per heavy atom. The molecule has 0 fully saturated rings. The average molecular weight is 297 g/mol. The first-order valence-corrected chi connectivity index (χ1v) is 6.53. The van der Waals surface area contributed by atoms with Gasteiger partial charge >= 0.3 is 6.09 Å². The first kappa shape index (κ1) is 16.5. The van der Waals surface area contributed by atoms with E-state index in [0.717, 1.165) is 5.56 Å². The Morgan fingerprint density at radius 2 is 1.80 bits per heavy atom. The lowest BCUT2D eigenvalue weighted by atomic mass is 10.1. The van der Waals surface area contributed by atoms with Gasteiger partial charge in [0, 0.05) is 5.56 Å². The molecule has 0 saturated heterocycles. The first-order valence-electron chi connectivity index (χ1n) is 6.17. The molecular formula is C14H19NO4S. The van der Waals surface area contributed by atoms with Crippen LogP contribution in [0.2, 0.25) is 0 Å². The van der Waals surface area contributed by atoms with Gasteiger partial charge in [-0.1, -0.05) is 24.3 Å². The van der Waals surface area contributed by atoms with Crippen LogP contribution in [0, 0.1) is 0 Å². The lowest BCUT2D eigenvalue weighted by Gasteiger charge is -2.19. The predicted molar refractivity (Wildman–Crippen MR) is 78.8 cm³/mol. The van der Waals surface area contributed by atoms with Crippen molar-refractivity contribution in [3.63, 3.8) is 0 Å². The van der Waals surface area contributed by atoms with Gasteiger partial charge in [0.1, 0.15) is 5.60 Å². The SMILES string of the molecule is CC(C)(C)OC(=O)NCC(=O)c1ccc(COS)cc1. The van der Waals surface area contributed by atoms with Crippen molar-refractivity contribution in [1.82, 2.24) is 5.32 Å². The smallest absolute Gasteiger partial charge is 0.408 e. The van der Waals surface area contributed by atoms with Crippen LogP contribution in [0.3, 0.4) is 0 Å². The second-order valence-electron chi connectivity index (χ2n) is 5.25. The number of rotatable bonds is 5. The van der Waals surface area contributed by atoms with Crippen LogP contribution < -0.4 is 5.32 Å². The van der Waals surface area contributed by atoms with Crippen LogP contribution in [0.15, 0.2) is 24.3 Å². The molecule has 1 amide bonds. The van der Waals surface area contributed by atoms with Gasteiger partial charge in [-0.05, 0) is 39.2 Å². The number of alkyl carbamates (subject to hydrolysis) is 1. The van der Waals surface area contributed by atoms with E-state index >= 15 is 0 Å². The lowest BCUT2D eigenvalue weighted by Crippen LogP contribution is -2.35. The number of benzene rings is 1. The summed E-state index contributed by atoms with van der Waals surface area (Å²) in [5.41, 5.74) is 0.849. The number of nitrogens with one attached hydrogen (secondary N) is 1. The lowest BCUT2D eigenvalue weighted by molar-refractivity contribution is 0.0520. The van der Waals surface area contributed by atoms with Crippen LogP contribution in [-0.4, -0.2) is 24.0 Å². The Kier molecular flexibility index (Phi) is 6.04. The number of hydrogen-bond donors (Lipinski definition) is 2. The highest BCUT2D eigenvalue weighted by Crippen LogP contribution is 2.08. The van der Waals surface area contributed by atoms with Crippen LogP contribution in [-0.2, 0) is 15.5 Å². The van der Waals surface area contributed by atoms with Gasteiger partial charge in [-0.25, -0.2) is 4.79 Å². The van der Waals surface area contributed by atoms with Gasteiger partial charge in [-0.2, -0.15) is 0 Å². The fourth-order valence-corrected chi connectivity index (χ4v) is 1.58. The van der Waals surface area contributed by atoms with Gasteiger partial charge in [0.05, 0.1) is 13.2 Å². The molecule has 0 bridgehead atoms. The molecule has 5 nitrogen and oxygen atoms in total. The molecule has 20 heavy (non-hydrogen) atoms. The van der Waals surface area contributed by atoms with Crippen molar-refractivity contribution < 1.29 is 18.5 Å². The number of ether oxygens (including phenoxy) is 1. The summed E-state index contributed by atoms with van der Waals surface area (Å²) in [4.78, 5) is 23.3. The minimum Gasteiger partial charge on any atom is -0.444 e. The summed E-state index contributed by atoms with van der Waals surface area (Å²) in [5, 5.41) is 2.43. The third-order valence-corrected chi connectivity index (χ3v) is 2.43. The topological polar surface area (TPSA) is 64.6 Å². The second-order valence-corrected chi connectivity index (χ2v) is 5.51. The molecule has 1 aromatic rings. The van der Waals surface area contributed by atoms with E-state index in [-0.39, 0.29) is 12.3 Å². The van der Waals surface area contributed by atoms with Crippen molar-refractivity contribution in [2.75, 3.05) is 6.54 Å². The van der Waals surface area contributed by atoms with Gasteiger partial charge < -0.3 is 14.2 Å². The Bertz CT molecular complexity index is 465. The molecule has 6 heteroatoms. The number of carbonyl (C=O) groups excluding carboxylic acids is 2. The summed E-state index contributed by atoms with van der Waals surface area (Å²) < 4.78 is 9.74. The zero-order valence-electron chi connectivity index (χ0n) is 11.8. The summed E-state index contributed by atoms with van der Waals surface area (Å²) in [6.45, 7) is 5.55. The van der Waals surface area contributed by atoms with Crippen molar-refractivity contribution in [2.24, 2.45) is 0 Å². The molecule has 0 spiro atoms. The number of ketones is 1. The summed E-state index contributed by atoms with van der Waals surface area (Å²) in [7, 11) is 0. The number of hydrogen-bond acceptors (Lipinski definition) is 5. The quantitative estimate of drug-likeness (QED) is 0.498. The molecule has 0 radical (unpaired) electrons. The van der Waals surface area contributed by atoms with Crippen LogP contribution >= 0.6 is 12.9 Å². The number of Topliss-reactive ketones (excluding diaryl/α,β-unsaturated/α-hetero) is 1. The van der Waals surface area contributed by atoms with E-state index in [2.05, 4.69) is 22.4 Å². The molecule has 0 aliphatic heterocycles. The summed E-state index contributed by atoms with van der Waals surface area (Å²) in [5.74, 6) is -0.186. The number of thiol groups is 1. The van der Waals surface area contributed by atoms with E-state index in [1.54, 1.807) is 45.0 Å². The molecule has 0 saturated carbocycles.